The van der Waals surface area contributed by atoms with Crippen LogP contribution < -0.4 is 5.32 Å². The molecule has 2 rings (SSSR count). The molecule has 0 radical (unpaired) electrons. The van der Waals surface area contributed by atoms with Gasteiger partial charge in [0, 0.05) is 25.7 Å². The fourth-order valence-electron chi connectivity index (χ4n) is 2.23. The van der Waals surface area contributed by atoms with Crippen LogP contribution in [-0.4, -0.2) is 31.7 Å². The normalized spacial score (nSPS) is 16.5. The first-order valence-electron chi connectivity index (χ1n) is 6.29. The van der Waals surface area contributed by atoms with Gasteiger partial charge in [0.1, 0.15) is 0 Å². The molecule has 1 aromatic rings. The number of nitrogens with zero attached hydrogens (tertiary/aromatic N) is 1. The highest BCUT2D eigenvalue weighted by Crippen LogP contribution is 2.26. The minimum absolute atomic E-state index is 0.214. The van der Waals surface area contributed by atoms with Crippen LogP contribution in [0, 0.1) is 6.92 Å². The van der Waals surface area contributed by atoms with Gasteiger partial charge in [-0.1, -0.05) is 6.07 Å². The average Bonchev–Trinajstić information content (AvgIpc) is 2.85. The lowest BCUT2D eigenvalue weighted by Gasteiger charge is -2.18. The first kappa shape index (κ1) is 14.0. The predicted molar refractivity (Wildman–Crippen MR) is 73.5 cm³/mol. The lowest BCUT2D eigenvalue weighted by atomic mass is 10.2. The van der Waals surface area contributed by atoms with E-state index in [1.54, 1.807) is 19.1 Å². The number of hydrogen-bond acceptors (Lipinski definition) is 3. The summed E-state index contributed by atoms with van der Waals surface area (Å²) in [4.78, 5) is 11.3. The predicted octanol–water partition coefficient (Wildman–Crippen LogP) is 1.74. The molecule has 1 aromatic carbocycles. The number of carbonyl (C=O) groups is 1. The van der Waals surface area contributed by atoms with Crippen LogP contribution in [0.4, 0.5) is 5.69 Å². The molecule has 1 amide bonds. The molecule has 19 heavy (non-hydrogen) atoms. The fourth-order valence-corrected chi connectivity index (χ4v) is 3.99. The van der Waals surface area contributed by atoms with E-state index in [1.165, 1.54) is 17.3 Å². The number of nitrogens with one attached hydrogen (secondary N) is 1. The number of aryl methyl sites for hydroxylation is 1. The molecule has 1 aliphatic heterocycles. The maximum atomic E-state index is 12.5. The van der Waals surface area contributed by atoms with Gasteiger partial charge in [-0.05, 0) is 37.5 Å². The van der Waals surface area contributed by atoms with Gasteiger partial charge < -0.3 is 5.32 Å². The Morgan fingerprint density at radius 2 is 1.89 bits per heavy atom. The summed E-state index contributed by atoms with van der Waals surface area (Å²) in [6, 6.07) is 4.96. The largest absolute Gasteiger partial charge is 0.326 e. The van der Waals surface area contributed by atoms with Crippen LogP contribution in [0.1, 0.15) is 25.3 Å². The highest BCUT2D eigenvalue weighted by atomic mass is 32.2. The van der Waals surface area contributed by atoms with Gasteiger partial charge >= 0.3 is 0 Å². The van der Waals surface area contributed by atoms with E-state index in [0.717, 1.165) is 12.8 Å². The molecule has 104 valence electrons. The number of benzene rings is 1. The van der Waals surface area contributed by atoms with Gasteiger partial charge in [-0.2, -0.15) is 4.31 Å². The molecule has 1 heterocycles. The fraction of sp³-hybridized carbons (Fsp3) is 0.462. The summed E-state index contributed by atoms with van der Waals surface area (Å²) in [6.45, 7) is 4.31. The number of anilines is 1. The molecule has 0 spiro atoms. The van der Waals surface area contributed by atoms with E-state index in [2.05, 4.69) is 5.32 Å². The summed E-state index contributed by atoms with van der Waals surface area (Å²) >= 11 is 0. The minimum atomic E-state index is -3.45. The molecule has 0 unspecified atom stereocenters. The van der Waals surface area contributed by atoms with E-state index < -0.39 is 10.0 Å². The Hall–Kier alpha value is -1.40. The maximum Gasteiger partial charge on any atom is 0.243 e. The van der Waals surface area contributed by atoms with E-state index >= 15 is 0 Å². The number of carbonyl (C=O) groups excluding carboxylic acids is 1. The minimum Gasteiger partial charge on any atom is -0.326 e. The molecular formula is C13H18N2O3S. The van der Waals surface area contributed by atoms with Crippen molar-refractivity contribution in [3.63, 3.8) is 0 Å². The van der Waals surface area contributed by atoms with Gasteiger partial charge in [-0.15, -0.1) is 0 Å². The molecule has 0 atom stereocenters. The standard InChI is InChI=1S/C13H18N2O3S/c1-10-5-6-12(14-11(2)16)9-13(10)19(17,18)15-7-3-4-8-15/h5-6,9H,3-4,7-8H2,1-2H3,(H,14,16). The van der Waals surface area contributed by atoms with Crippen molar-refractivity contribution in [3.8, 4) is 0 Å². The van der Waals surface area contributed by atoms with E-state index in [-0.39, 0.29) is 10.8 Å². The van der Waals surface area contributed by atoms with E-state index in [9.17, 15) is 13.2 Å². The summed E-state index contributed by atoms with van der Waals surface area (Å²) in [6.07, 6.45) is 1.81. The second-order valence-electron chi connectivity index (χ2n) is 4.77. The van der Waals surface area contributed by atoms with Gasteiger partial charge in [0.05, 0.1) is 4.90 Å². The zero-order valence-corrected chi connectivity index (χ0v) is 12.0. The lowest BCUT2D eigenvalue weighted by molar-refractivity contribution is -0.114. The average molecular weight is 282 g/mol. The van der Waals surface area contributed by atoms with Crippen LogP contribution >= 0.6 is 0 Å². The SMILES string of the molecule is CC(=O)Nc1ccc(C)c(S(=O)(=O)N2CCCC2)c1. The van der Waals surface area contributed by atoms with Crippen molar-refractivity contribution >= 4 is 21.6 Å². The van der Waals surface area contributed by atoms with Crippen LogP contribution in [0.15, 0.2) is 23.1 Å². The van der Waals surface area contributed by atoms with Crippen LogP contribution in [-0.2, 0) is 14.8 Å². The van der Waals surface area contributed by atoms with Crippen LogP contribution in [0.25, 0.3) is 0 Å². The quantitative estimate of drug-likeness (QED) is 0.918. The van der Waals surface area contributed by atoms with Gasteiger partial charge in [-0.3, -0.25) is 4.79 Å². The molecular weight excluding hydrogens is 264 g/mol. The van der Waals surface area contributed by atoms with Gasteiger partial charge in [0.25, 0.3) is 0 Å². The first-order chi connectivity index (χ1) is 8.91. The van der Waals surface area contributed by atoms with Gasteiger partial charge in [-0.25, -0.2) is 8.42 Å². The molecule has 1 fully saturated rings. The van der Waals surface area contributed by atoms with E-state index in [1.807, 2.05) is 0 Å². The maximum absolute atomic E-state index is 12.5. The van der Waals surface area contributed by atoms with Crippen LogP contribution in [0.3, 0.4) is 0 Å². The van der Waals surface area contributed by atoms with Crippen LogP contribution in [0.5, 0.6) is 0 Å². The monoisotopic (exact) mass is 282 g/mol. The van der Waals surface area contributed by atoms with Crippen molar-refractivity contribution in [3.05, 3.63) is 23.8 Å². The molecule has 1 saturated heterocycles. The third kappa shape index (κ3) is 2.96. The Bertz CT molecular complexity index is 590. The summed E-state index contributed by atoms with van der Waals surface area (Å²) in [5, 5.41) is 2.61. The summed E-state index contributed by atoms with van der Waals surface area (Å²) in [5.41, 5.74) is 1.21. The van der Waals surface area contributed by atoms with Crippen molar-refractivity contribution in [1.29, 1.82) is 0 Å². The topological polar surface area (TPSA) is 66.5 Å². The molecule has 0 bridgehead atoms. The Morgan fingerprint density at radius 1 is 1.26 bits per heavy atom. The zero-order chi connectivity index (χ0) is 14.0. The number of sulfonamides is 1. The molecule has 1 aliphatic rings. The second kappa shape index (κ2) is 5.30. The number of hydrogen-bond donors (Lipinski definition) is 1. The molecule has 6 heteroatoms. The summed E-state index contributed by atoms with van der Waals surface area (Å²) < 4.78 is 26.5. The highest BCUT2D eigenvalue weighted by Gasteiger charge is 2.28. The molecule has 5 nitrogen and oxygen atoms in total. The summed E-state index contributed by atoms with van der Waals surface area (Å²) in [5.74, 6) is -0.214. The second-order valence-corrected chi connectivity index (χ2v) is 6.68. The number of amides is 1. The van der Waals surface area contributed by atoms with Crippen molar-refractivity contribution < 1.29 is 13.2 Å². The molecule has 0 aliphatic carbocycles. The summed E-state index contributed by atoms with van der Waals surface area (Å²) in [7, 11) is -3.45. The third-order valence-corrected chi connectivity index (χ3v) is 5.23. The smallest absolute Gasteiger partial charge is 0.243 e. The Kier molecular flexibility index (Phi) is 3.91. The van der Waals surface area contributed by atoms with Crippen molar-refractivity contribution in [2.75, 3.05) is 18.4 Å². The van der Waals surface area contributed by atoms with E-state index in [4.69, 9.17) is 0 Å². The molecule has 0 aromatic heterocycles. The Labute approximate surface area is 113 Å². The van der Waals surface area contributed by atoms with Gasteiger partial charge in [0.2, 0.25) is 15.9 Å². The molecule has 0 saturated carbocycles. The Balaban J connectivity index is 2.40. The van der Waals surface area contributed by atoms with Crippen molar-refractivity contribution in [1.82, 2.24) is 4.31 Å². The van der Waals surface area contributed by atoms with Crippen LogP contribution in [0.2, 0.25) is 0 Å². The van der Waals surface area contributed by atoms with Gasteiger partial charge in [0.15, 0.2) is 0 Å². The van der Waals surface area contributed by atoms with E-state index in [0.29, 0.717) is 24.3 Å². The lowest BCUT2D eigenvalue weighted by Crippen LogP contribution is -2.28. The zero-order valence-electron chi connectivity index (χ0n) is 11.1. The molecule has 1 N–H and O–H groups in total. The Morgan fingerprint density at radius 3 is 2.47 bits per heavy atom. The van der Waals surface area contributed by atoms with Crippen molar-refractivity contribution in [2.24, 2.45) is 0 Å². The number of rotatable bonds is 3. The first-order valence-corrected chi connectivity index (χ1v) is 7.73. The third-order valence-electron chi connectivity index (χ3n) is 3.19. The van der Waals surface area contributed by atoms with Crippen molar-refractivity contribution in [2.45, 2.75) is 31.6 Å². The highest BCUT2D eigenvalue weighted by molar-refractivity contribution is 7.89.